The summed E-state index contributed by atoms with van der Waals surface area (Å²) in [5.74, 6) is 0.538. The molecule has 134 valence electrons. The zero-order valence-corrected chi connectivity index (χ0v) is 17.3. The summed E-state index contributed by atoms with van der Waals surface area (Å²) in [6.45, 7) is 0. The fourth-order valence-corrected chi connectivity index (χ4v) is 6.39. The quantitative estimate of drug-likeness (QED) is 0.366. The van der Waals surface area contributed by atoms with Gasteiger partial charge in [0.15, 0.2) is 0 Å². The van der Waals surface area contributed by atoms with Crippen molar-refractivity contribution >= 4 is 49.6 Å². The normalized spacial score (nSPS) is 16.1. The van der Waals surface area contributed by atoms with Gasteiger partial charge < -0.3 is 4.74 Å². The number of nitrogens with zero attached hydrogens (tertiary/aromatic N) is 1. The van der Waals surface area contributed by atoms with Gasteiger partial charge in [0.25, 0.3) is 10.0 Å². The van der Waals surface area contributed by atoms with Crippen molar-refractivity contribution in [1.82, 2.24) is 0 Å². The summed E-state index contributed by atoms with van der Waals surface area (Å²) in [6, 6.07) is 14.7. The second-order valence-electron chi connectivity index (χ2n) is 5.66. The molecule has 0 saturated heterocycles. The van der Waals surface area contributed by atoms with Crippen molar-refractivity contribution in [2.45, 2.75) is 11.2 Å². The molecule has 3 aromatic rings. The molecule has 1 atom stereocenters. The first kappa shape index (κ1) is 17.7. The highest BCUT2D eigenvalue weighted by Crippen LogP contribution is 2.51. The zero-order valence-electron chi connectivity index (χ0n) is 13.5. The van der Waals surface area contributed by atoms with E-state index < -0.39 is 16.3 Å². The molecule has 2 aromatic carbocycles. The Bertz CT molecular complexity index is 1080. The lowest BCUT2D eigenvalue weighted by Gasteiger charge is -2.33. The number of fused-ring (bicyclic) bond motifs is 3. The first-order valence-electron chi connectivity index (χ1n) is 7.64. The van der Waals surface area contributed by atoms with E-state index in [0.717, 1.165) is 17.6 Å². The van der Waals surface area contributed by atoms with E-state index in [4.69, 9.17) is 4.74 Å². The molecule has 0 saturated carbocycles. The number of hydrogen-bond donors (Lipinski definition) is 0. The number of ether oxygens (including phenoxy) is 1. The van der Waals surface area contributed by atoms with Gasteiger partial charge in [-0.05, 0) is 52.9 Å². The first-order valence-corrected chi connectivity index (χ1v) is 11.0. The summed E-state index contributed by atoms with van der Waals surface area (Å²) in [4.78, 5) is 0.781. The van der Waals surface area contributed by atoms with Crippen LogP contribution in [-0.2, 0) is 10.0 Å². The van der Waals surface area contributed by atoms with Gasteiger partial charge in [-0.15, -0.1) is 11.3 Å². The van der Waals surface area contributed by atoms with E-state index in [1.54, 1.807) is 30.3 Å². The van der Waals surface area contributed by atoms with Crippen LogP contribution >= 0.6 is 33.9 Å². The molecule has 4 nitrogen and oxygen atoms in total. The second-order valence-corrected chi connectivity index (χ2v) is 10.4. The maximum absolute atomic E-state index is 15.4. The molecule has 2 heterocycles. The van der Waals surface area contributed by atoms with Crippen LogP contribution in [0.5, 0.6) is 5.75 Å². The number of benzene rings is 2. The van der Waals surface area contributed by atoms with Crippen LogP contribution in [0, 0.1) is 2.88 Å². The number of sulfonamides is 1. The summed E-state index contributed by atoms with van der Waals surface area (Å²) in [5.41, 5.74) is 1.47. The summed E-state index contributed by atoms with van der Waals surface area (Å²) in [6.07, 6.45) is -1.78. The number of hydrogen-bond acceptors (Lipinski definition) is 4. The number of thiophene rings is 1. The molecule has 0 unspecified atom stereocenters. The Morgan fingerprint density at radius 1 is 1.15 bits per heavy atom. The molecule has 26 heavy (non-hydrogen) atoms. The summed E-state index contributed by atoms with van der Waals surface area (Å²) < 4.78 is 48.7. The Kier molecular flexibility index (Phi) is 4.44. The highest BCUT2D eigenvalue weighted by Gasteiger charge is 2.40. The Balaban J connectivity index is 1.90. The van der Waals surface area contributed by atoms with Crippen molar-refractivity contribution in [2.75, 3.05) is 11.4 Å². The minimum absolute atomic E-state index is 0.0208. The van der Waals surface area contributed by atoms with Crippen LogP contribution in [0.25, 0.3) is 10.4 Å². The van der Waals surface area contributed by atoms with Gasteiger partial charge in [-0.1, -0.05) is 24.3 Å². The molecule has 0 aliphatic carbocycles. The molecule has 0 fully saturated rings. The second kappa shape index (κ2) is 6.50. The fourth-order valence-electron chi connectivity index (χ4n) is 2.98. The minimum Gasteiger partial charge on any atom is -0.497 e. The van der Waals surface area contributed by atoms with Crippen LogP contribution in [-0.4, -0.2) is 15.5 Å². The lowest BCUT2D eigenvalue weighted by molar-refractivity contribution is 0.355. The van der Waals surface area contributed by atoms with Crippen molar-refractivity contribution in [1.29, 1.82) is 0 Å². The van der Waals surface area contributed by atoms with Gasteiger partial charge in [0.1, 0.15) is 5.75 Å². The van der Waals surface area contributed by atoms with Crippen molar-refractivity contribution < 1.29 is 17.5 Å². The molecular formula is C18H13FINO3S2. The van der Waals surface area contributed by atoms with Crippen LogP contribution in [0.15, 0.2) is 59.5 Å². The Hall–Kier alpha value is -1.65. The largest absolute Gasteiger partial charge is 0.497 e. The third kappa shape index (κ3) is 2.71. The van der Waals surface area contributed by atoms with Crippen LogP contribution < -0.4 is 9.04 Å². The van der Waals surface area contributed by atoms with E-state index >= 15 is 4.39 Å². The van der Waals surface area contributed by atoms with E-state index in [0.29, 0.717) is 17.0 Å². The van der Waals surface area contributed by atoms with E-state index in [2.05, 4.69) is 22.6 Å². The van der Waals surface area contributed by atoms with Crippen molar-refractivity contribution in [2.24, 2.45) is 0 Å². The van der Waals surface area contributed by atoms with Gasteiger partial charge in [-0.25, -0.2) is 17.1 Å². The average molecular weight is 501 g/mol. The third-order valence-electron chi connectivity index (χ3n) is 4.20. The lowest BCUT2D eigenvalue weighted by atomic mass is 10.0. The van der Waals surface area contributed by atoms with E-state index in [1.807, 2.05) is 12.1 Å². The number of anilines is 1. The Morgan fingerprint density at radius 2 is 1.85 bits per heavy atom. The van der Waals surface area contributed by atoms with E-state index in [9.17, 15) is 8.42 Å². The van der Waals surface area contributed by atoms with Gasteiger partial charge in [-0.2, -0.15) is 0 Å². The van der Waals surface area contributed by atoms with Gasteiger partial charge >= 0.3 is 0 Å². The Labute approximate surface area is 168 Å². The topological polar surface area (TPSA) is 46.6 Å². The van der Waals surface area contributed by atoms with E-state index in [1.165, 1.54) is 30.6 Å². The van der Waals surface area contributed by atoms with E-state index in [-0.39, 0.29) is 4.90 Å². The molecule has 0 amide bonds. The van der Waals surface area contributed by atoms with Crippen LogP contribution in [0.1, 0.15) is 11.9 Å². The number of halogens is 2. The van der Waals surface area contributed by atoms with Crippen LogP contribution in [0.2, 0.25) is 0 Å². The fraction of sp³-hybridized carbons (Fsp3) is 0.111. The summed E-state index contributed by atoms with van der Waals surface area (Å²) >= 11 is 3.58. The molecule has 4 rings (SSSR count). The molecule has 1 aliphatic rings. The molecular weight excluding hydrogens is 488 g/mol. The van der Waals surface area contributed by atoms with Crippen LogP contribution in [0.4, 0.5) is 10.1 Å². The predicted molar refractivity (Wildman–Crippen MR) is 109 cm³/mol. The molecule has 1 aliphatic heterocycles. The molecule has 8 heteroatoms. The van der Waals surface area contributed by atoms with Gasteiger partial charge in [0, 0.05) is 11.1 Å². The lowest BCUT2D eigenvalue weighted by Crippen LogP contribution is -2.35. The molecule has 0 radical (unpaired) electrons. The molecule has 1 aromatic heterocycles. The minimum atomic E-state index is -4.07. The highest BCUT2D eigenvalue weighted by atomic mass is 127. The average Bonchev–Trinajstić information content (AvgIpc) is 3.03. The monoisotopic (exact) mass is 501 g/mol. The molecule has 0 bridgehead atoms. The SMILES string of the molecule is COc1ccc(S(=O)(=O)N2c3cc(I)sc3-c3ccccc3[C@H]2F)cc1. The number of alkyl halides is 1. The summed E-state index contributed by atoms with van der Waals surface area (Å²) in [5, 5.41) is 0. The van der Waals surface area contributed by atoms with Gasteiger partial charge in [-0.3, -0.25) is 0 Å². The smallest absolute Gasteiger partial charge is 0.267 e. The summed E-state index contributed by atoms with van der Waals surface area (Å²) in [7, 11) is -2.57. The maximum Gasteiger partial charge on any atom is 0.267 e. The van der Waals surface area contributed by atoms with Crippen molar-refractivity contribution in [3.05, 3.63) is 63.0 Å². The Morgan fingerprint density at radius 3 is 2.54 bits per heavy atom. The highest BCUT2D eigenvalue weighted by molar-refractivity contribution is 14.1. The van der Waals surface area contributed by atoms with Gasteiger partial charge in [0.2, 0.25) is 6.30 Å². The van der Waals surface area contributed by atoms with Gasteiger partial charge in [0.05, 0.1) is 25.5 Å². The first-order chi connectivity index (χ1) is 12.4. The zero-order chi connectivity index (χ0) is 18.5. The maximum atomic E-state index is 15.4. The standard InChI is InChI=1S/C18H13FINO3S2/c1-24-11-6-8-12(9-7-11)26(22,23)21-15-10-16(20)25-17(15)13-4-2-3-5-14(13)18(21)19/h2-10,18H,1H3/t18-/m0/s1. The molecule has 0 spiro atoms. The third-order valence-corrected chi connectivity index (χ3v) is 7.89. The van der Waals surface area contributed by atoms with Crippen molar-refractivity contribution in [3.8, 4) is 16.2 Å². The van der Waals surface area contributed by atoms with Crippen LogP contribution in [0.3, 0.4) is 0 Å². The van der Waals surface area contributed by atoms with Crippen molar-refractivity contribution in [3.63, 3.8) is 0 Å². The molecule has 0 N–H and O–H groups in total. The predicted octanol–water partition coefficient (Wildman–Crippen LogP) is 5.21. The number of methoxy groups -OCH3 is 1. The number of rotatable bonds is 3.